The third kappa shape index (κ3) is 4.04. The second-order valence-corrected chi connectivity index (χ2v) is 8.80. The van der Waals surface area contributed by atoms with Crippen LogP contribution in [0.5, 0.6) is 0 Å². The summed E-state index contributed by atoms with van der Waals surface area (Å²) in [5.41, 5.74) is 4.63. The molecule has 5 nitrogen and oxygen atoms in total. The van der Waals surface area contributed by atoms with Gasteiger partial charge in [-0.25, -0.2) is 0 Å². The summed E-state index contributed by atoms with van der Waals surface area (Å²) in [5, 5.41) is 13.7. The lowest BCUT2D eigenvalue weighted by atomic mass is 9.85. The van der Waals surface area contributed by atoms with Crippen molar-refractivity contribution in [3.63, 3.8) is 0 Å². The van der Waals surface area contributed by atoms with Crippen LogP contribution in [0.1, 0.15) is 18.1 Å². The number of nitrogens with zero attached hydrogens (tertiary/aromatic N) is 2. The van der Waals surface area contributed by atoms with Gasteiger partial charge in [0.15, 0.2) is 0 Å². The van der Waals surface area contributed by atoms with Crippen molar-refractivity contribution in [1.82, 2.24) is 4.90 Å². The van der Waals surface area contributed by atoms with Crippen LogP contribution in [0.2, 0.25) is 0 Å². The van der Waals surface area contributed by atoms with E-state index in [9.17, 15) is 9.90 Å². The third-order valence-electron chi connectivity index (χ3n) is 5.84. The molecule has 2 aliphatic rings. The highest BCUT2D eigenvalue weighted by Crippen LogP contribution is 2.31. The number of aliphatic hydroxyl groups is 1. The molecular weight excluding hydrogens is 465 g/mol. The Hall–Kier alpha value is -1.64. The van der Waals surface area contributed by atoms with E-state index in [0.29, 0.717) is 0 Å². The fraction of sp³-hybridized carbons (Fsp3) is 0.409. The lowest BCUT2D eigenvalue weighted by Gasteiger charge is -2.44. The van der Waals surface area contributed by atoms with Crippen LogP contribution in [-0.4, -0.2) is 54.2 Å². The predicted octanol–water partition coefficient (Wildman–Crippen LogP) is 2.90. The van der Waals surface area contributed by atoms with Crippen LogP contribution in [0.15, 0.2) is 42.5 Å². The van der Waals surface area contributed by atoms with Gasteiger partial charge in [-0.1, -0.05) is 24.3 Å². The smallest absolute Gasteiger partial charge is 0.221 e. The monoisotopic (exact) mass is 491 g/mol. The molecule has 0 aromatic heterocycles. The molecule has 2 aromatic carbocycles. The molecule has 0 bridgehead atoms. The zero-order chi connectivity index (χ0) is 19.7. The summed E-state index contributed by atoms with van der Waals surface area (Å²) < 4.78 is 1.30. The quantitative estimate of drug-likeness (QED) is 0.649. The van der Waals surface area contributed by atoms with Crippen LogP contribution in [0.3, 0.4) is 0 Å². The van der Waals surface area contributed by atoms with Gasteiger partial charge in [0.1, 0.15) is 0 Å². The number of carbonyl (C=O) groups excluding carboxylic acids is 1. The fourth-order valence-electron chi connectivity index (χ4n) is 4.44. The van der Waals surface area contributed by atoms with Crippen molar-refractivity contribution in [2.45, 2.75) is 31.9 Å². The maximum atomic E-state index is 11.5. The zero-order valence-electron chi connectivity index (χ0n) is 16.1. The highest BCUT2D eigenvalue weighted by molar-refractivity contribution is 14.1. The van der Waals surface area contributed by atoms with Crippen molar-refractivity contribution in [3.8, 4) is 0 Å². The summed E-state index contributed by atoms with van der Waals surface area (Å²) in [6.07, 6.45) is 1.34. The molecule has 4 rings (SSSR count). The molecule has 2 unspecified atom stereocenters. The largest absolute Gasteiger partial charge is 0.391 e. The van der Waals surface area contributed by atoms with Crippen LogP contribution in [-0.2, 0) is 17.6 Å². The molecule has 1 fully saturated rings. The highest BCUT2D eigenvalue weighted by atomic mass is 127. The number of amides is 1. The van der Waals surface area contributed by atoms with Gasteiger partial charge in [0, 0.05) is 49.1 Å². The molecule has 0 spiro atoms. The first kappa shape index (κ1) is 19.7. The minimum Gasteiger partial charge on any atom is -0.391 e. The van der Waals surface area contributed by atoms with Crippen molar-refractivity contribution in [3.05, 3.63) is 57.2 Å². The van der Waals surface area contributed by atoms with Crippen molar-refractivity contribution in [1.29, 1.82) is 0 Å². The van der Waals surface area contributed by atoms with Gasteiger partial charge >= 0.3 is 0 Å². The minimum atomic E-state index is -0.316. The number of fused-ring (bicyclic) bond motifs is 1. The Kier molecular flexibility index (Phi) is 5.89. The first-order chi connectivity index (χ1) is 13.5. The van der Waals surface area contributed by atoms with E-state index in [-0.39, 0.29) is 18.1 Å². The van der Waals surface area contributed by atoms with E-state index >= 15 is 0 Å². The van der Waals surface area contributed by atoms with E-state index in [1.54, 1.807) is 6.92 Å². The molecule has 1 saturated heterocycles. The summed E-state index contributed by atoms with van der Waals surface area (Å²) >= 11 is 2.41. The Balaban J connectivity index is 1.45. The Morgan fingerprint density at radius 3 is 2.57 bits per heavy atom. The molecule has 1 aliphatic carbocycles. The van der Waals surface area contributed by atoms with Gasteiger partial charge in [0.05, 0.1) is 17.5 Å². The van der Waals surface area contributed by atoms with Crippen LogP contribution in [0, 0.1) is 3.57 Å². The topological polar surface area (TPSA) is 55.8 Å². The number of rotatable bonds is 3. The summed E-state index contributed by atoms with van der Waals surface area (Å²) in [6, 6.07) is 14.5. The number of hydrogen-bond acceptors (Lipinski definition) is 4. The first-order valence-corrected chi connectivity index (χ1v) is 10.9. The van der Waals surface area contributed by atoms with Gasteiger partial charge in [0.25, 0.3) is 0 Å². The molecule has 148 valence electrons. The minimum absolute atomic E-state index is 0.0512. The zero-order valence-corrected chi connectivity index (χ0v) is 18.2. The normalized spacial score (nSPS) is 22.6. The lowest BCUT2D eigenvalue weighted by Crippen LogP contribution is -2.56. The average Bonchev–Trinajstić information content (AvgIpc) is 2.68. The molecule has 6 heteroatoms. The number of aliphatic hydroxyl groups excluding tert-OH is 1. The average molecular weight is 491 g/mol. The van der Waals surface area contributed by atoms with E-state index in [1.165, 1.54) is 14.7 Å². The van der Waals surface area contributed by atoms with Gasteiger partial charge in [-0.3, -0.25) is 9.69 Å². The Labute approximate surface area is 179 Å². The highest BCUT2D eigenvalue weighted by Gasteiger charge is 2.34. The fourth-order valence-corrected chi connectivity index (χ4v) is 5.22. The molecular formula is C22H26IN3O2. The van der Waals surface area contributed by atoms with E-state index in [1.807, 2.05) is 18.2 Å². The van der Waals surface area contributed by atoms with Crippen LogP contribution >= 0.6 is 22.6 Å². The molecule has 2 atom stereocenters. The number of anilines is 2. The number of para-hydroxylation sites is 2. The van der Waals surface area contributed by atoms with Crippen LogP contribution < -0.4 is 10.2 Å². The number of halogens is 1. The number of benzene rings is 2. The molecule has 28 heavy (non-hydrogen) atoms. The van der Waals surface area contributed by atoms with Crippen LogP contribution in [0.4, 0.5) is 11.4 Å². The number of nitrogens with one attached hydrogen (secondary N) is 1. The van der Waals surface area contributed by atoms with Crippen molar-refractivity contribution in [2.75, 3.05) is 36.4 Å². The summed E-state index contributed by atoms with van der Waals surface area (Å²) in [4.78, 5) is 16.3. The van der Waals surface area contributed by atoms with Gasteiger partial charge in [-0.2, -0.15) is 0 Å². The first-order valence-electron chi connectivity index (χ1n) is 9.83. The number of hydrogen-bond donors (Lipinski definition) is 2. The molecule has 2 aromatic rings. The van der Waals surface area contributed by atoms with Gasteiger partial charge < -0.3 is 15.3 Å². The van der Waals surface area contributed by atoms with Gasteiger partial charge in [-0.05, 0) is 58.3 Å². The summed E-state index contributed by atoms with van der Waals surface area (Å²) in [6.45, 7) is 5.14. The molecule has 1 heterocycles. The Morgan fingerprint density at radius 1 is 1.07 bits per heavy atom. The molecule has 1 aliphatic heterocycles. The number of carbonyl (C=O) groups is 1. The van der Waals surface area contributed by atoms with Crippen molar-refractivity contribution in [2.24, 2.45) is 0 Å². The predicted molar refractivity (Wildman–Crippen MR) is 121 cm³/mol. The third-order valence-corrected chi connectivity index (χ3v) is 6.85. The van der Waals surface area contributed by atoms with Crippen molar-refractivity contribution < 1.29 is 9.90 Å². The molecule has 1 amide bonds. The Bertz CT molecular complexity index is 865. The van der Waals surface area contributed by atoms with Crippen LogP contribution in [0.25, 0.3) is 0 Å². The second-order valence-electron chi connectivity index (χ2n) is 7.64. The maximum absolute atomic E-state index is 11.5. The molecule has 0 radical (unpaired) electrons. The van der Waals surface area contributed by atoms with E-state index in [2.05, 4.69) is 62.0 Å². The summed E-state index contributed by atoms with van der Waals surface area (Å²) in [5.74, 6) is -0.0512. The van der Waals surface area contributed by atoms with E-state index in [0.717, 1.165) is 50.4 Å². The molecule has 0 saturated carbocycles. The Morgan fingerprint density at radius 2 is 1.82 bits per heavy atom. The molecule has 2 N–H and O–H groups in total. The SMILES string of the molecule is CC(=O)Nc1ccccc1N1CCN(C2Cc3c(I)cccc3CC2O)CC1. The van der Waals surface area contributed by atoms with Crippen molar-refractivity contribution >= 4 is 39.9 Å². The summed E-state index contributed by atoms with van der Waals surface area (Å²) in [7, 11) is 0. The maximum Gasteiger partial charge on any atom is 0.221 e. The second kappa shape index (κ2) is 8.39. The van der Waals surface area contributed by atoms with E-state index in [4.69, 9.17) is 0 Å². The number of piperazine rings is 1. The van der Waals surface area contributed by atoms with Gasteiger partial charge in [-0.15, -0.1) is 0 Å². The van der Waals surface area contributed by atoms with Gasteiger partial charge in [0.2, 0.25) is 5.91 Å². The lowest BCUT2D eigenvalue weighted by molar-refractivity contribution is -0.114. The standard InChI is InChI=1S/C22H26IN3O2/c1-15(27)24-19-7-2-3-8-20(19)25-9-11-26(12-10-25)21-14-17-16(13-22(21)28)5-4-6-18(17)23/h2-8,21-22,28H,9-14H2,1H3,(H,24,27). The van der Waals surface area contributed by atoms with E-state index < -0.39 is 0 Å².